The van der Waals surface area contributed by atoms with Crippen LogP contribution in [0, 0.1) is 35.5 Å². The second-order valence-corrected chi connectivity index (χ2v) is 23.9. The van der Waals surface area contributed by atoms with Gasteiger partial charge in [0.05, 0.1) is 46.0 Å². The lowest BCUT2D eigenvalue weighted by Crippen LogP contribution is -2.25. The van der Waals surface area contributed by atoms with Gasteiger partial charge >= 0.3 is 23.9 Å². The van der Waals surface area contributed by atoms with E-state index in [1.807, 2.05) is 59.7 Å². The van der Waals surface area contributed by atoms with Gasteiger partial charge in [0, 0.05) is 22.1 Å². The van der Waals surface area contributed by atoms with Gasteiger partial charge in [-0.1, -0.05) is 32.9 Å². The number of ether oxygens (including phenoxy) is 10. The molecule has 0 spiro atoms. The molecule has 4 rings (SSSR count). The van der Waals surface area contributed by atoms with E-state index in [2.05, 4.69) is 6.58 Å². The molecule has 0 aliphatic rings. The molecule has 0 radical (unpaired) electrons. The molecule has 82 heavy (non-hydrogen) atoms. The highest BCUT2D eigenvalue weighted by atomic mass is 16.7. The van der Waals surface area contributed by atoms with Crippen LogP contribution >= 0.6 is 0 Å². The van der Waals surface area contributed by atoms with Crippen molar-refractivity contribution >= 4 is 47.6 Å². The molecule has 0 unspecified atom stereocenters. The van der Waals surface area contributed by atoms with Crippen molar-refractivity contribution in [3.63, 3.8) is 0 Å². The summed E-state index contributed by atoms with van der Waals surface area (Å²) in [5.41, 5.74) is 1.38. The van der Waals surface area contributed by atoms with Crippen LogP contribution in [0.25, 0.3) is 12.2 Å². The van der Waals surface area contributed by atoms with Crippen LogP contribution in [0.2, 0.25) is 0 Å². The Balaban J connectivity index is 0.000000431. The molecule has 4 aromatic carbocycles. The summed E-state index contributed by atoms with van der Waals surface area (Å²) in [4.78, 5) is 74.4. The number of rotatable bonds is 25. The Labute approximate surface area is 485 Å². The molecule has 4 aromatic rings. The first-order chi connectivity index (χ1) is 38.2. The van der Waals surface area contributed by atoms with Gasteiger partial charge in [-0.05, 0) is 206 Å². The van der Waals surface area contributed by atoms with E-state index < -0.39 is 33.0 Å². The van der Waals surface area contributed by atoms with E-state index in [4.69, 9.17) is 47.4 Å². The fourth-order valence-corrected chi connectivity index (χ4v) is 6.91. The van der Waals surface area contributed by atoms with Gasteiger partial charge in [0.25, 0.3) is 0 Å². The van der Waals surface area contributed by atoms with Crippen LogP contribution in [-0.4, -0.2) is 75.8 Å². The number of allylic oxidation sites excluding steroid dienone is 3. The number of hydrogen-bond acceptors (Lipinski definition) is 16. The Kier molecular flexibility index (Phi) is 25.2. The van der Waals surface area contributed by atoms with Crippen molar-refractivity contribution in [2.45, 2.75) is 136 Å². The first-order valence-electron chi connectivity index (χ1n) is 27.2. The van der Waals surface area contributed by atoms with Crippen LogP contribution < -0.4 is 28.4 Å². The molecular formula is C66H86O16. The Hall–Kier alpha value is -7.88. The quantitative estimate of drug-likeness (QED) is 0.0152. The van der Waals surface area contributed by atoms with Crippen molar-refractivity contribution < 1.29 is 76.1 Å². The second kappa shape index (κ2) is 30.3. The number of carbonyl (C=O) groups excluding carboxylic acids is 6. The van der Waals surface area contributed by atoms with Crippen molar-refractivity contribution in [2.75, 3.05) is 40.4 Å². The summed E-state index contributed by atoms with van der Waals surface area (Å²) < 4.78 is 55.7. The minimum atomic E-state index is -0.688. The molecule has 0 aliphatic carbocycles. The van der Waals surface area contributed by atoms with E-state index in [1.54, 1.807) is 150 Å². The molecule has 16 nitrogen and oxygen atoms in total. The minimum Gasteiger partial charge on any atom is -0.493 e. The third-order valence-electron chi connectivity index (χ3n) is 11.9. The Bertz CT molecular complexity index is 2900. The SMILES string of the molecule is C=CC(C)(C)c1ccc(OCC)c(/C=C/C(=O)c2ccc(OCOC(=O)C(C)(C)C)cc2)c1OCOC(=O)C(C)(C)C.CCCOc1c(C)cc(C)c(OCOC(=O)C(C)(C)C)c1/C=C/C(=O)c1ccc(OCOC(=O)C(C)(C)C)cc1. The zero-order valence-electron chi connectivity index (χ0n) is 51.4. The van der Waals surface area contributed by atoms with Crippen LogP contribution in [0.3, 0.4) is 0 Å². The molecule has 0 bridgehead atoms. The monoisotopic (exact) mass is 1130 g/mol. The number of aryl methyl sites for hydroxylation is 2. The first-order valence-corrected chi connectivity index (χ1v) is 27.2. The fourth-order valence-electron chi connectivity index (χ4n) is 6.91. The maximum absolute atomic E-state index is 13.1. The van der Waals surface area contributed by atoms with E-state index in [-0.39, 0.29) is 56.6 Å². The summed E-state index contributed by atoms with van der Waals surface area (Å²) in [6.07, 6.45) is 8.76. The average molecular weight is 1140 g/mol. The van der Waals surface area contributed by atoms with E-state index in [1.165, 1.54) is 12.2 Å². The maximum Gasteiger partial charge on any atom is 0.314 e. The lowest BCUT2D eigenvalue weighted by atomic mass is 9.83. The third-order valence-corrected chi connectivity index (χ3v) is 11.9. The Morgan fingerprint density at radius 1 is 0.451 bits per heavy atom. The Morgan fingerprint density at radius 2 is 0.817 bits per heavy atom. The van der Waals surface area contributed by atoms with Crippen molar-refractivity contribution in [1.29, 1.82) is 0 Å². The van der Waals surface area contributed by atoms with Gasteiger partial charge in [0.1, 0.15) is 34.5 Å². The van der Waals surface area contributed by atoms with Crippen LogP contribution in [-0.2, 0) is 43.5 Å². The van der Waals surface area contributed by atoms with Crippen molar-refractivity contribution in [2.24, 2.45) is 21.7 Å². The highest BCUT2D eigenvalue weighted by Gasteiger charge is 2.29. The largest absolute Gasteiger partial charge is 0.493 e. The van der Waals surface area contributed by atoms with Gasteiger partial charge in [0.15, 0.2) is 11.6 Å². The summed E-state index contributed by atoms with van der Waals surface area (Å²) in [6, 6.07) is 18.7. The zero-order valence-corrected chi connectivity index (χ0v) is 51.4. The molecule has 0 saturated carbocycles. The predicted molar refractivity (Wildman–Crippen MR) is 316 cm³/mol. The zero-order chi connectivity index (χ0) is 61.8. The smallest absolute Gasteiger partial charge is 0.314 e. The number of carbonyl (C=O) groups is 6. The molecule has 0 aromatic heterocycles. The predicted octanol–water partition coefficient (Wildman–Crippen LogP) is 14.1. The normalized spacial score (nSPS) is 11.9. The fraction of sp³-hybridized carbons (Fsp3) is 0.455. The number of hydrogen-bond donors (Lipinski definition) is 0. The van der Waals surface area contributed by atoms with Gasteiger partial charge in [-0.2, -0.15) is 0 Å². The van der Waals surface area contributed by atoms with Crippen molar-refractivity contribution in [3.05, 3.63) is 130 Å². The molecule has 16 heteroatoms. The van der Waals surface area contributed by atoms with E-state index >= 15 is 0 Å². The molecule has 0 heterocycles. The molecule has 0 aliphatic heterocycles. The van der Waals surface area contributed by atoms with Gasteiger partial charge in [-0.15, -0.1) is 6.58 Å². The van der Waals surface area contributed by atoms with Gasteiger partial charge in [-0.25, -0.2) is 0 Å². The lowest BCUT2D eigenvalue weighted by molar-refractivity contribution is -0.160. The summed E-state index contributed by atoms with van der Waals surface area (Å²) in [5.74, 6) is 0.892. The number of benzene rings is 4. The minimum absolute atomic E-state index is 0.218. The number of esters is 4. The van der Waals surface area contributed by atoms with Crippen molar-refractivity contribution in [1.82, 2.24) is 0 Å². The molecular weight excluding hydrogens is 1050 g/mol. The third kappa shape index (κ3) is 21.2. The van der Waals surface area contributed by atoms with E-state index in [9.17, 15) is 28.8 Å². The topological polar surface area (TPSA) is 195 Å². The molecule has 446 valence electrons. The van der Waals surface area contributed by atoms with Gasteiger partial charge in [0.2, 0.25) is 27.2 Å². The highest BCUT2D eigenvalue weighted by Crippen LogP contribution is 2.41. The first kappa shape index (κ1) is 68.4. The summed E-state index contributed by atoms with van der Waals surface area (Å²) in [6.45, 7) is 36.6. The molecule has 0 saturated heterocycles. The Morgan fingerprint density at radius 3 is 1.18 bits per heavy atom. The average Bonchev–Trinajstić information content (AvgIpc) is 3.39. The van der Waals surface area contributed by atoms with E-state index in [0.717, 1.165) is 23.1 Å². The van der Waals surface area contributed by atoms with Crippen molar-refractivity contribution in [3.8, 4) is 34.5 Å². The van der Waals surface area contributed by atoms with Crippen LogP contribution in [0.5, 0.6) is 34.5 Å². The van der Waals surface area contributed by atoms with Gasteiger partial charge < -0.3 is 47.4 Å². The lowest BCUT2D eigenvalue weighted by Gasteiger charge is -2.26. The van der Waals surface area contributed by atoms with Crippen LogP contribution in [0.4, 0.5) is 0 Å². The maximum atomic E-state index is 13.1. The van der Waals surface area contributed by atoms with Crippen LogP contribution in [0.1, 0.15) is 166 Å². The summed E-state index contributed by atoms with van der Waals surface area (Å²) >= 11 is 0. The second-order valence-electron chi connectivity index (χ2n) is 23.9. The molecule has 0 N–H and O–H groups in total. The van der Waals surface area contributed by atoms with Gasteiger partial charge in [-0.3, -0.25) is 28.8 Å². The highest BCUT2D eigenvalue weighted by molar-refractivity contribution is 6.08. The molecule has 0 atom stereocenters. The molecule has 0 amide bonds. The summed E-state index contributed by atoms with van der Waals surface area (Å²) in [5, 5.41) is 0. The summed E-state index contributed by atoms with van der Waals surface area (Å²) in [7, 11) is 0. The number of ketones is 2. The van der Waals surface area contributed by atoms with Crippen LogP contribution in [0.15, 0.2) is 91.5 Å². The molecule has 0 fully saturated rings. The van der Waals surface area contributed by atoms with E-state index in [0.29, 0.717) is 70.0 Å². The standard InChI is InChI=1S/C34H44O8.C32H42O8/c1-11-34(9,10)26-18-20-28(38-12-2)25(29(26)40-22-42-31(37)33(6,7)8)17-19-27(35)23-13-15-24(16-14-23)39-21-41-30(36)32(3,4)5;1-10-17-36-27-21(2)18-22(3)28(38-20-40-30(35)32(7,8)9)25(27)15-16-26(33)23-11-13-24(14-12-23)37-19-39-29(34)31(4,5)6/h11,13-20H,1,12,21-22H2,2-10H3;11-16,18H,10,17,19-20H2,1-9H3/b19-17+;16-15+.